The van der Waals surface area contributed by atoms with E-state index in [1.807, 2.05) is 0 Å². The maximum absolute atomic E-state index is 13.2. The molecule has 0 saturated heterocycles. The van der Waals surface area contributed by atoms with E-state index in [9.17, 15) is 14.9 Å². The number of carbonyl (C=O) groups is 1. The van der Waals surface area contributed by atoms with Gasteiger partial charge in [-0.3, -0.25) is 24.8 Å². The number of amides is 1. The van der Waals surface area contributed by atoms with E-state index in [2.05, 4.69) is 10.3 Å². The highest BCUT2D eigenvalue weighted by molar-refractivity contribution is 6.11. The minimum absolute atomic E-state index is 0.170. The first kappa shape index (κ1) is 19.2. The first-order chi connectivity index (χ1) is 14.5. The third-order valence-corrected chi connectivity index (χ3v) is 4.83. The molecule has 152 valence electrons. The Morgan fingerprint density at radius 3 is 2.57 bits per heavy atom. The Balaban J connectivity index is 1.81. The lowest BCUT2D eigenvalue weighted by Crippen LogP contribution is -2.32. The van der Waals surface area contributed by atoms with Gasteiger partial charge in [-0.2, -0.15) is 0 Å². The van der Waals surface area contributed by atoms with Crippen molar-refractivity contribution in [1.29, 1.82) is 0 Å². The molecule has 2 aromatic carbocycles. The monoisotopic (exact) mass is 406 g/mol. The van der Waals surface area contributed by atoms with Gasteiger partial charge in [-0.25, -0.2) is 0 Å². The molecule has 0 fully saturated rings. The van der Waals surface area contributed by atoms with Gasteiger partial charge in [-0.05, 0) is 36.4 Å². The molecule has 0 unspecified atom stereocenters. The molecule has 1 atom stereocenters. The number of carbonyl (C=O) groups excluding carboxylic acids is 1. The Bertz CT molecular complexity index is 1130. The van der Waals surface area contributed by atoms with E-state index in [4.69, 9.17) is 9.47 Å². The number of ether oxygens (including phenoxy) is 2. The zero-order valence-corrected chi connectivity index (χ0v) is 16.2. The van der Waals surface area contributed by atoms with Crippen LogP contribution >= 0.6 is 0 Å². The van der Waals surface area contributed by atoms with Crippen LogP contribution in [0.1, 0.15) is 22.2 Å². The van der Waals surface area contributed by atoms with E-state index in [1.54, 1.807) is 54.7 Å². The molecule has 0 saturated carbocycles. The molecule has 30 heavy (non-hydrogen) atoms. The quantitative estimate of drug-likeness (QED) is 0.490. The van der Waals surface area contributed by atoms with Gasteiger partial charge in [0.15, 0.2) is 6.17 Å². The molecule has 1 N–H and O–H groups in total. The van der Waals surface area contributed by atoms with Crippen molar-refractivity contribution >= 4 is 23.0 Å². The Hall–Kier alpha value is -4.14. The number of hydrogen-bond donors (Lipinski definition) is 1. The predicted octanol–water partition coefficient (Wildman–Crippen LogP) is 3.78. The summed E-state index contributed by atoms with van der Waals surface area (Å²) in [5.41, 5.74) is 1.55. The summed E-state index contributed by atoms with van der Waals surface area (Å²) in [5.74, 6) is 0.677. The van der Waals surface area contributed by atoms with Crippen molar-refractivity contribution in [2.45, 2.75) is 6.17 Å². The zero-order chi connectivity index (χ0) is 21.3. The summed E-state index contributed by atoms with van der Waals surface area (Å²) >= 11 is 0. The molecule has 1 amide bonds. The SMILES string of the molecule is COc1cccc(N2C(=O)c3cccnc3[C@H]2Nc2ccc(OC)cc2[N+](=O)[O-])c1. The van der Waals surface area contributed by atoms with E-state index in [0.29, 0.717) is 28.4 Å². The van der Waals surface area contributed by atoms with Gasteiger partial charge >= 0.3 is 0 Å². The topological polar surface area (TPSA) is 107 Å². The number of rotatable bonds is 6. The maximum Gasteiger partial charge on any atom is 0.296 e. The van der Waals surface area contributed by atoms with Crippen LogP contribution < -0.4 is 19.7 Å². The Morgan fingerprint density at radius 2 is 1.83 bits per heavy atom. The lowest BCUT2D eigenvalue weighted by atomic mass is 10.2. The zero-order valence-electron chi connectivity index (χ0n) is 16.2. The van der Waals surface area contributed by atoms with Crippen molar-refractivity contribution in [3.05, 3.63) is 82.2 Å². The lowest BCUT2D eigenvalue weighted by molar-refractivity contribution is -0.384. The van der Waals surface area contributed by atoms with Gasteiger partial charge < -0.3 is 14.8 Å². The first-order valence-electron chi connectivity index (χ1n) is 9.05. The van der Waals surface area contributed by atoms with E-state index in [0.717, 1.165) is 0 Å². The molecule has 2 heterocycles. The van der Waals surface area contributed by atoms with Crippen LogP contribution in [0, 0.1) is 10.1 Å². The average molecular weight is 406 g/mol. The molecule has 1 aliphatic heterocycles. The van der Waals surface area contributed by atoms with Gasteiger partial charge in [-0.15, -0.1) is 0 Å². The van der Waals surface area contributed by atoms with Gasteiger partial charge in [0.2, 0.25) is 0 Å². The van der Waals surface area contributed by atoms with Crippen molar-refractivity contribution in [2.24, 2.45) is 0 Å². The summed E-state index contributed by atoms with van der Waals surface area (Å²) in [6.07, 6.45) is 0.839. The van der Waals surface area contributed by atoms with Crippen molar-refractivity contribution in [1.82, 2.24) is 4.98 Å². The fourth-order valence-corrected chi connectivity index (χ4v) is 3.40. The molecule has 0 aliphatic carbocycles. The number of nitro groups is 1. The highest BCUT2D eigenvalue weighted by Gasteiger charge is 2.40. The summed E-state index contributed by atoms with van der Waals surface area (Å²) in [6, 6.07) is 14.9. The fraction of sp³-hybridized carbons (Fsp3) is 0.143. The molecule has 4 rings (SSSR count). The van der Waals surface area contributed by atoms with Crippen LogP contribution in [0.25, 0.3) is 0 Å². The fourth-order valence-electron chi connectivity index (χ4n) is 3.40. The molecule has 1 aromatic heterocycles. The number of pyridine rings is 1. The van der Waals surface area contributed by atoms with Gasteiger partial charge in [0, 0.05) is 12.3 Å². The number of hydrogen-bond acceptors (Lipinski definition) is 7. The van der Waals surface area contributed by atoms with Crippen LogP contribution in [0.3, 0.4) is 0 Å². The molecule has 0 radical (unpaired) electrons. The first-order valence-corrected chi connectivity index (χ1v) is 9.05. The minimum atomic E-state index is -0.743. The summed E-state index contributed by atoms with van der Waals surface area (Å²) < 4.78 is 10.4. The highest BCUT2D eigenvalue weighted by Crippen LogP contribution is 2.40. The molecular weight excluding hydrogens is 388 g/mol. The van der Waals surface area contributed by atoms with Gasteiger partial charge in [0.25, 0.3) is 11.6 Å². The minimum Gasteiger partial charge on any atom is -0.497 e. The Labute approximate surface area is 172 Å². The summed E-state index contributed by atoms with van der Waals surface area (Å²) in [5, 5.41) is 14.7. The number of methoxy groups -OCH3 is 2. The molecule has 1 aliphatic rings. The van der Waals surface area contributed by atoms with Crippen molar-refractivity contribution in [3.8, 4) is 11.5 Å². The van der Waals surface area contributed by atoms with Crippen molar-refractivity contribution < 1.29 is 19.2 Å². The molecule has 9 nitrogen and oxygen atoms in total. The molecular formula is C21H18N4O5. The number of nitro benzene ring substituents is 1. The molecule has 0 bridgehead atoms. The van der Waals surface area contributed by atoms with Gasteiger partial charge in [-0.1, -0.05) is 6.07 Å². The van der Waals surface area contributed by atoms with Crippen LogP contribution in [0.2, 0.25) is 0 Å². The summed E-state index contributed by atoms with van der Waals surface area (Å²) in [7, 11) is 2.98. The normalized spacial score (nSPS) is 14.9. The maximum atomic E-state index is 13.2. The number of benzene rings is 2. The standard InChI is InChI=1S/C21H18N4O5/c1-29-14-6-3-5-13(11-14)24-20(19-16(21(24)26)7-4-10-22-19)23-17-9-8-15(30-2)12-18(17)25(27)28/h3-12,20,23H,1-2H3/t20-/m0/s1. The third kappa shape index (κ3) is 3.26. The molecule has 9 heteroatoms. The number of anilines is 2. The highest BCUT2D eigenvalue weighted by atomic mass is 16.6. The smallest absolute Gasteiger partial charge is 0.296 e. The molecule has 0 spiro atoms. The lowest BCUT2D eigenvalue weighted by Gasteiger charge is -2.26. The number of nitrogens with zero attached hydrogens (tertiary/aromatic N) is 3. The van der Waals surface area contributed by atoms with E-state index in [1.165, 1.54) is 25.2 Å². The van der Waals surface area contributed by atoms with Crippen molar-refractivity contribution in [3.63, 3.8) is 0 Å². The molecule has 3 aromatic rings. The van der Waals surface area contributed by atoms with Crippen LogP contribution in [0.4, 0.5) is 17.1 Å². The van der Waals surface area contributed by atoms with Crippen LogP contribution in [-0.2, 0) is 0 Å². The van der Waals surface area contributed by atoms with Crippen molar-refractivity contribution in [2.75, 3.05) is 24.4 Å². The largest absolute Gasteiger partial charge is 0.497 e. The van der Waals surface area contributed by atoms with Gasteiger partial charge in [0.1, 0.15) is 17.2 Å². The Kier molecular flexibility index (Phi) is 4.93. The van der Waals surface area contributed by atoms with E-state index in [-0.39, 0.29) is 17.3 Å². The number of nitrogens with one attached hydrogen (secondary N) is 1. The second-order valence-corrected chi connectivity index (χ2v) is 6.50. The van der Waals surface area contributed by atoms with Crippen LogP contribution in [0.15, 0.2) is 60.8 Å². The second kappa shape index (κ2) is 7.70. The van der Waals surface area contributed by atoms with Crippen LogP contribution in [-0.4, -0.2) is 30.0 Å². The third-order valence-electron chi connectivity index (χ3n) is 4.83. The van der Waals surface area contributed by atoms with Crippen LogP contribution in [0.5, 0.6) is 11.5 Å². The van der Waals surface area contributed by atoms with E-state index >= 15 is 0 Å². The predicted molar refractivity (Wildman–Crippen MR) is 110 cm³/mol. The summed E-state index contributed by atoms with van der Waals surface area (Å²) in [6.45, 7) is 0. The average Bonchev–Trinajstić information content (AvgIpc) is 3.05. The number of aromatic nitrogens is 1. The van der Waals surface area contributed by atoms with E-state index < -0.39 is 11.1 Å². The van der Waals surface area contributed by atoms with Gasteiger partial charge in [0.05, 0.1) is 42.2 Å². The summed E-state index contributed by atoms with van der Waals surface area (Å²) in [4.78, 5) is 30.1. The second-order valence-electron chi connectivity index (χ2n) is 6.50. The Morgan fingerprint density at radius 1 is 1.07 bits per heavy atom. The number of fused-ring (bicyclic) bond motifs is 1.